The van der Waals surface area contributed by atoms with E-state index in [4.69, 9.17) is 9.47 Å². The van der Waals surface area contributed by atoms with E-state index < -0.39 is 37.0 Å². The van der Waals surface area contributed by atoms with Gasteiger partial charge in [-0.05, 0) is 26.8 Å². The Morgan fingerprint density at radius 3 is 2.55 bits per heavy atom. The van der Waals surface area contributed by atoms with E-state index in [1.54, 1.807) is 20.8 Å². The molecule has 0 aliphatic heterocycles. The molecule has 1 aromatic heterocycles. The number of carbonyl (C=O) groups excluding carboxylic acids is 1. The van der Waals surface area contributed by atoms with Gasteiger partial charge in [0, 0.05) is 44.4 Å². The predicted octanol–water partition coefficient (Wildman–Crippen LogP) is 1.57. The summed E-state index contributed by atoms with van der Waals surface area (Å²) in [6.07, 6.45) is 0. The highest BCUT2D eigenvalue weighted by atomic mass is 32.2. The third-order valence-corrected chi connectivity index (χ3v) is 5.52. The molecule has 0 aliphatic carbocycles. The number of hydrogen-bond donors (Lipinski definition) is 2. The summed E-state index contributed by atoms with van der Waals surface area (Å²) in [6.45, 7) is 5.52. The van der Waals surface area contributed by atoms with E-state index >= 15 is 0 Å². The number of non-ortho nitro benzene ring substituents is 1. The SMILES string of the molecule is COCCNC(=O)c1cc(Oc2ccc([N+](=O)[O-])cc2S(=O)(=O)NC(C)(C)C)n(C)n1. The second-order valence-electron chi connectivity index (χ2n) is 7.59. The van der Waals surface area contributed by atoms with Crippen LogP contribution in [0.4, 0.5) is 5.69 Å². The molecule has 13 heteroatoms. The Morgan fingerprint density at radius 2 is 1.97 bits per heavy atom. The zero-order valence-corrected chi connectivity index (χ0v) is 18.6. The Kier molecular flexibility index (Phi) is 7.36. The van der Waals surface area contributed by atoms with Crippen molar-refractivity contribution in [1.29, 1.82) is 0 Å². The van der Waals surface area contributed by atoms with Crippen molar-refractivity contribution in [2.45, 2.75) is 31.2 Å². The van der Waals surface area contributed by atoms with Crippen LogP contribution in [0.5, 0.6) is 11.6 Å². The maximum Gasteiger partial charge on any atom is 0.272 e. The molecule has 0 unspecified atom stereocenters. The second kappa shape index (κ2) is 9.41. The summed E-state index contributed by atoms with van der Waals surface area (Å²) in [4.78, 5) is 22.2. The van der Waals surface area contributed by atoms with Crippen LogP contribution in [0.25, 0.3) is 0 Å². The van der Waals surface area contributed by atoms with E-state index in [1.807, 2.05) is 0 Å². The van der Waals surface area contributed by atoms with Gasteiger partial charge in [0.1, 0.15) is 10.6 Å². The number of nitro benzene ring substituents is 1. The van der Waals surface area contributed by atoms with Gasteiger partial charge in [0.15, 0.2) is 5.69 Å². The minimum atomic E-state index is -4.16. The van der Waals surface area contributed by atoms with E-state index in [1.165, 1.54) is 31.0 Å². The van der Waals surface area contributed by atoms with Crippen LogP contribution in [-0.2, 0) is 21.8 Å². The second-order valence-corrected chi connectivity index (χ2v) is 9.24. The van der Waals surface area contributed by atoms with Crippen molar-refractivity contribution in [1.82, 2.24) is 19.8 Å². The zero-order chi connectivity index (χ0) is 23.4. The Hall–Kier alpha value is -3.03. The number of rotatable bonds is 9. The van der Waals surface area contributed by atoms with Crippen molar-refractivity contribution in [3.63, 3.8) is 0 Å². The third kappa shape index (κ3) is 6.47. The van der Waals surface area contributed by atoms with Gasteiger partial charge in [0.05, 0.1) is 11.5 Å². The van der Waals surface area contributed by atoms with Crippen LogP contribution >= 0.6 is 0 Å². The number of nitrogens with zero attached hydrogens (tertiary/aromatic N) is 3. The Balaban J connectivity index is 2.41. The molecule has 0 spiro atoms. The number of hydrogen-bond acceptors (Lipinski definition) is 8. The monoisotopic (exact) mass is 455 g/mol. The van der Waals surface area contributed by atoms with Crippen LogP contribution in [0.2, 0.25) is 0 Å². The molecule has 1 heterocycles. The van der Waals surface area contributed by atoms with Gasteiger partial charge >= 0.3 is 0 Å². The molecule has 0 atom stereocenters. The quantitative estimate of drug-likeness (QED) is 0.328. The van der Waals surface area contributed by atoms with E-state index in [0.717, 1.165) is 12.1 Å². The molecular weight excluding hydrogens is 430 g/mol. The molecule has 1 aromatic carbocycles. The third-order valence-electron chi connectivity index (χ3n) is 3.74. The largest absolute Gasteiger partial charge is 0.438 e. The first-order valence-corrected chi connectivity index (χ1v) is 10.6. The van der Waals surface area contributed by atoms with E-state index in [2.05, 4.69) is 15.1 Å². The van der Waals surface area contributed by atoms with Crippen molar-refractivity contribution in [2.75, 3.05) is 20.3 Å². The van der Waals surface area contributed by atoms with Gasteiger partial charge in [0.25, 0.3) is 11.6 Å². The number of aryl methyl sites for hydroxylation is 1. The summed E-state index contributed by atoms with van der Waals surface area (Å²) >= 11 is 0. The predicted molar refractivity (Wildman–Crippen MR) is 111 cm³/mol. The van der Waals surface area contributed by atoms with Crippen molar-refractivity contribution < 1.29 is 27.6 Å². The number of ether oxygens (including phenoxy) is 2. The highest BCUT2D eigenvalue weighted by Gasteiger charge is 2.28. The van der Waals surface area contributed by atoms with E-state index in [9.17, 15) is 23.3 Å². The Labute approximate surface area is 179 Å². The fourth-order valence-electron chi connectivity index (χ4n) is 2.49. The lowest BCUT2D eigenvalue weighted by molar-refractivity contribution is -0.385. The molecule has 0 aliphatic rings. The molecule has 31 heavy (non-hydrogen) atoms. The topological polar surface area (TPSA) is 155 Å². The summed E-state index contributed by atoms with van der Waals surface area (Å²) in [5.41, 5.74) is -1.20. The van der Waals surface area contributed by atoms with Crippen LogP contribution in [0.3, 0.4) is 0 Å². The Morgan fingerprint density at radius 1 is 1.29 bits per heavy atom. The van der Waals surface area contributed by atoms with Crippen molar-refractivity contribution in [2.24, 2.45) is 7.05 Å². The zero-order valence-electron chi connectivity index (χ0n) is 17.8. The van der Waals surface area contributed by atoms with Crippen molar-refractivity contribution >= 4 is 21.6 Å². The minimum absolute atomic E-state index is 0.0488. The number of aromatic nitrogens is 2. The van der Waals surface area contributed by atoms with Gasteiger partial charge in [-0.1, -0.05) is 0 Å². The van der Waals surface area contributed by atoms with E-state index in [-0.39, 0.29) is 23.9 Å². The molecule has 2 aromatic rings. The molecule has 2 N–H and O–H groups in total. The molecule has 0 saturated carbocycles. The average Bonchev–Trinajstić information content (AvgIpc) is 3.00. The van der Waals surface area contributed by atoms with Crippen molar-refractivity contribution in [3.8, 4) is 11.6 Å². The number of sulfonamides is 1. The van der Waals surface area contributed by atoms with Gasteiger partial charge in [-0.15, -0.1) is 0 Å². The lowest BCUT2D eigenvalue weighted by Gasteiger charge is -2.21. The van der Waals surface area contributed by atoms with Crippen LogP contribution in [-0.4, -0.2) is 54.8 Å². The molecule has 0 radical (unpaired) electrons. The van der Waals surface area contributed by atoms with Gasteiger partial charge in [-0.2, -0.15) is 5.10 Å². The molecule has 0 bridgehead atoms. The number of amides is 1. The fourth-order valence-corrected chi connectivity index (χ4v) is 4.06. The summed E-state index contributed by atoms with van der Waals surface area (Å²) in [7, 11) is -1.15. The van der Waals surface area contributed by atoms with Gasteiger partial charge in [-0.25, -0.2) is 17.8 Å². The molecule has 12 nitrogen and oxygen atoms in total. The standard InChI is InChI=1S/C18H25N5O7S/c1-18(2,3)21-31(27,28)15-10-12(23(25)26)6-7-14(15)30-16-11-13(20-22(16)4)17(24)19-8-9-29-5/h6-7,10-11,21H,8-9H2,1-5H3,(H,19,24). The summed E-state index contributed by atoms with van der Waals surface area (Å²) < 4.78 is 40.0. The highest BCUT2D eigenvalue weighted by Crippen LogP contribution is 2.32. The molecule has 0 saturated heterocycles. The van der Waals surface area contributed by atoms with Crippen LogP contribution in [0.15, 0.2) is 29.2 Å². The number of benzene rings is 1. The minimum Gasteiger partial charge on any atom is -0.438 e. The molecular formula is C18H25N5O7S. The normalized spacial score (nSPS) is 11.9. The average molecular weight is 455 g/mol. The summed E-state index contributed by atoms with van der Waals surface area (Å²) in [5, 5.41) is 17.8. The van der Waals surface area contributed by atoms with Gasteiger partial charge in [0.2, 0.25) is 15.9 Å². The molecule has 2 rings (SSSR count). The summed E-state index contributed by atoms with van der Waals surface area (Å²) in [6, 6.07) is 4.55. The fraction of sp³-hybridized carbons (Fsp3) is 0.444. The number of methoxy groups -OCH3 is 1. The van der Waals surface area contributed by atoms with E-state index in [0.29, 0.717) is 6.61 Å². The lowest BCUT2D eigenvalue weighted by atomic mass is 10.1. The number of carbonyl (C=O) groups is 1. The highest BCUT2D eigenvalue weighted by molar-refractivity contribution is 7.89. The first kappa shape index (κ1) is 24.2. The summed E-state index contributed by atoms with van der Waals surface area (Å²) in [5.74, 6) is -0.553. The lowest BCUT2D eigenvalue weighted by Crippen LogP contribution is -2.40. The number of nitrogens with one attached hydrogen (secondary N) is 2. The van der Waals surface area contributed by atoms with Crippen LogP contribution in [0.1, 0.15) is 31.3 Å². The maximum absolute atomic E-state index is 12.9. The first-order valence-electron chi connectivity index (χ1n) is 9.15. The molecule has 170 valence electrons. The smallest absolute Gasteiger partial charge is 0.272 e. The van der Waals surface area contributed by atoms with Crippen LogP contribution < -0.4 is 14.8 Å². The van der Waals surface area contributed by atoms with Crippen molar-refractivity contribution in [3.05, 3.63) is 40.1 Å². The number of nitro groups is 1. The maximum atomic E-state index is 12.9. The first-order chi connectivity index (χ1) is 14.3. The molecule has 1 amide bonds. The van der Waals surface area contributed by atoms with Gasteiger partial charge < -0.3 is 14.8 Å². The Bertz CT molecular complexity index is 1070. The molecule has 0 fully saturated rings. The van der Waals surface area contributed by atoms with Gasteiger partial charge in [-0.3, -0.25) is 14.9 Å². The van der Waals surface area contributed by atoms with Crippen LogP contribution in [0, 0.1) is 10.1 Å².